The lowest BCUT2D eigenvalue weighted by molar-refractivity contribution is -0.112. The highest BCUT2D eigenvalue weighted by molar-refractivity contribution is 7.15. The topological polar surface area (TPSA) is 87.9 Å². The second-order valence-electron chi connectivity index (χ2n) is 6.22. The van der Waals surface area contributed by atoms with Gasteiger partial charge in [0.2, 0.25) is 5.13 Å². The van der Waals surface area contributed by atoms with Gasteiger partial charge < -0.3 is 4.74 Å². The molecule has 0 saturated heterocycles. The summed E-state index contributed by atoms with van der Waals surface area (Å²) < 4.78 is 5.80. The van der Waals surface area contributed by atoms with E-state index in [1.54, 1.807) is 6.07 Å². The molecule has 0 aliphatic rings. The number of aryl methyl sites for hydroxylation is 1. The quantitative estimate of drug-likeness (QED) is 0.437. The summed E-state index contributed by atoms with van der Waals surface area (Å²) in [5, 5.41) is 21.3. The molecule has 3 rings (SSSR count). The van der Waals surface area contributed by atoms with Crippen LogP contribution in [-0.4, -0.2) is 16.1 Å². The number of rotatable bonds is 8. The molecule has 6 nitrogen and oxygen atoms in total. The third kappa shape index (κ3) is 5.99. The van der Waals surface area contributed by atoms with Gasteiger partial charge in [0.05, 0.1) is 0 Å². The maximum absolute atomic E-state index is 12.4. The Morgan fingerprint density at radius 1 is 1.21 bits per heavy atom. The monoisotopic (exact) mass is 404 g/mol. The van der Waals surface area contributed by atoms with Crippen molar-refractivity contribution in [3.05, 3.63) is 76.3 Å². The minimum atomic E-state index is -0.512. The number of aromatic nitrogens is 2. The summed E-state index contributed by atoms with van der Waals surface area (Å²) in [6.07, 6.45) is 3.29. The summed E-state index contributed by atoms with van der Waals surface area (Å²) in [4.78, 5) is 12.4. The lowest BCUT2D eigenvalue weighted by Gasteiger charge is -2.07. The van der Waals surface area contributed by atoms with Crippen LogP contribution in [0, 0.1) is 11.3 Å². The van der Waals surface area contributed by atoms with Crippen LogP contribution in [-0.2, 0) is 17.8 Å². The highest BCUT2D eigenvalue weighted by Gasteiger charge is 2.13. The maximum Gasteiger partial charge on any atom is 0.268 e. The van der Waals surface area contributed by atoms with Crippen molar-refractivity contribution in [2.24, 2.45) is 0 Å². The van der Waals surface area contributed by atoms with Crippen molar-refractivity contribution in [3.8, 4) is 11.8 Å². The van der Waals surface area contributed by atoms with Gasteiger partial charge in [0.15, 0.2) is 0 Å². The van der Waals surface area contributed by atoms with Crippen LogP contribution in [0.1, 0.15) is 29.5 Å². The summed E-state index contributed by atoms with van der Waals surface area (Å²) in [5.74, 6) is 0.149. The van der Waals surface area contributed by atoms with Crippen molar-refractivity contribution in [1.29, 1.82) is 5.26 Å². The van der Waals surface area contributed by atoms with Gasteiger partial charge in [-0.2, -0.15) is 5.26 Å². The van der Waals surface area contributed by atoms with E-state index in [0.717, 1.165) is 23.4 Å². The number of hydrogen-bond donors (Lipinski definition) is 1. The van der Waals surface area contributed by atoms with Gasteiger partial charge >= 0.3 is 0 Å². The predicted octanol–water partition coefficient (Wildman–Crippen LogP) is 4.62. The highest BCUT2D eigenvalue weighted by atomic mass is 32.1. The van der Waals surface area contributed by atoms with Crippen molar-refractivity contribution >= 4 is 28.5 Å². The minimum absolute atomic E-state index is 0.0162. The van der Waals surface area contributed by atoms with Gasteiger partial charge in [0.25, 0.3) is 5.91 Å². The van der Waals surface area contributed by atoms with E-state index in [2.05, 4.69) is 15.5 Å². The van der Waals surface area contributed by atoms with E-state index in [1.165, 1.54) is 17.4 Å². The lowest BCUT2D eigenvalue weighted by atomic mass is 10.1. The molecule has 7 heteroatoms. The minimum Gasteiger partial charge on any atom is -0.489 e. The van der Waals surface area contributed by atoms with E-state index in [1.807, 2.05) is 61.5 Å². The Balaban J connectivity index is 1.67. The molecule has 2 aromatic carbocycles. The van der Waals surface area contributed by atoms with E-state index in [0.29, 0.717) is 23.1 Å². The molecule has 1 aromatic heterocycles. The van der Waals surface area contributed by atoms with Crippen LogP contribution in [0.25, 0.3) is 6.08 Å². The van der Waals surface area contributed by atoms with E-state index in [-0.39, 0.29) is 5.57 Å². The molecule has 0 atom stereocenters. The van der Waals surface area contributed by atoms with Crippen molar-refractivity contribution < 1.29 is 9.53 Å². The molecule has 0 radical (unpaired) electrons. The number of nitrogens with one attached hydrogen (secondary N) is 1. The molecule has 0 saturated carbocycles. The zero-order valence-electron chi connectivity index (χ0n) is 16.0. The molecule has 1 amide bonds. The largest absolute Gasteiger partial charge is 0.489 e. The molecule has 0 bridgehead atoms. The first-order chi connectivity index (χ1) is 14.2. The van der Waals surface area contributed by atoms with Crippen LogP contribution in [0.5, 0.6) is 5.75 Å². The third-order valence-electron chi connectivity index (χ3n) is 3.93. The van der Waals surface area contributed by atoms with Crippen molar-refractivity contribution in [2.75, 3.05) is 5.32 Å². The zero-order valence-corrected chi connectivity index (χ0v) is 16.8. The van der Waals surface area contributed by atoms with Crippen LogP contribution < -0.4 is 10.1 Å². The fraction of sp³-hybridized carbons (Fsp3) is 0.182. The second kappa shape index (κ2) is 10.2. The molecule has 0 aliphatic carbocycles. The first-order valence-electron chi connectivity index (χ1n) is 9.20. The van der Waals surface area contributed by atoms with Gasteiger partial charge in [0.1, 0.15) is 29.0 Å². The van der Waals surface area contributed by atoms with Gasteiger partial charge in [-0.15, -0.1) is 10.2 Å². The van der Waals surface area contributed by atoms with Crippen LogP contribution in [0.2, 0.25) is 0 Å². The number of ether oxygens (including phenoxy) is 1. The molecule has 0 fully saturated rings. The summed E-state index contributed by atoms with van der Waals surface area (Å²) in [7, 11) is 0. The number of carbonyl (C=O) groups is 1. The van der Waals surface area contributed by atoms with E-state index in [4.69, 9.17) is 4.74 Å². The van der Waals surface area contributed by atoms with Gasteiger partial charge in [-0.3, -0.25) is 10.1 Å². The molecule has 1 heterocycles. The second-order valence-corrected chi connectivity index (χ2v) is 7.28. The summed E-state index contributed by atoms with van der Waals surface area (Å²) in [6.45, 7) is 2.49. The Morgan fingerprint density at radius 3 is 2.79 bits per heavy atom. The summed E-state index contributed by atoms with van der Waals surface area (Å²) in [6, 6.07) is 19.0. The molecule has 3 aromatic rings. The van der Waals surface area contributed by atoms with Crippen LogP contribution >= 0.6 is 11.3 Å². The average Bonchev–Trinajstić information content (AvgIpc) is 3.18. The molecular formula is C22H20N4O2S. The van der Waals surface area contributed by atoms with Gasteiger partial charge in [0, 0.05) is 6.42 Å². The number of nitriles is 1. The normalized spacial score (nSPS) is 11.0. The van der Waals surface area contributed by atoms with Gasteiger partial charge in [-0.25, -0.2) is 0 Å². The van der Waals surface area contributed by atoms with Crippen LogP contribution in [0.3, 0.4) is 0 Å². The number of hydrogen-bond acceptors (Lipinski definition) is 6. The predicted molar refractivity (Wildman–Crippen MR) is 113 cm³/mol. The zero-order chi connectivity index (χ0) is 20.5. The Morgan fingerprint density at radius 2 is 2.03 bits per heavy atom. The van der Waals surface area contributed by atoms with Crippen LogP contribution in [0.4, 0.5) is 5.13 Å². The van der Waals surface area contributed by atoms with E-state index in [9.17, 15) is 10.1 Å². The molecule has 29 heavy (non-hydrogen) atoms. The molecule has 1 N–H and O–H groups in total. The van der Waals surface area contributed by atoms with E-state index < -0.39 is 5.91 Å². The summed E-state index contributed by atoms with van der Waals surface area (Å²) >= 11 is 1.32. The van der Waals surface area contributed by atoms with Crippen molar-refractivity contribution in [1.82, 2.24) is 10.2 Å². The standard InChI is InChI=1S/C22H20N4O2S/c1-2-7-20-25-26-22(29-20)24-21(27)18(14-23)12-17-10-6-11-19(13-17)28-15-16-8-4-3-5-9-16/h3-6,8-13H,2,7,15H2,1H3,(H,24,26,27)/b18-12-. The smallest absolute Gasteiger partial charge is 0.268 e. The fourth-order valence-electron chi connectivity index (χ4n) is 2.53. The number of nitrogens with zero attached hydrogens (tertiary/aromatic N) is 3. The molecule has 0 spiro atoms. The molecule has 146 valence electrons. The maximum atomic E-state index is 12.4. The average molecular weight is 404 g/mol. The number of benzene rings is 2. The first-order valence-corrected chi connectivity index (χ1v) is 10.0. The van der Waals surface area contributed by atoms with Gasteiger partial charge in [-0.05, 0) is 35.8 Å². The van der Waals surface area contributed by atoms with Crippen molar-refractivity contribution in [3.63, 3.8) is 0 Å². The molecular weight excluding hydrogens is 384 g/mol. The molecule has 0 aliphatic heterocycles. The number of amides is 1. The van der Waals surface area contributed by atoms with Crippen LogP contribution in [0.15, 0.2) is 60.2 Å². The number of carbonyl (C=O) groups excluding carboxylic acids is 1. The van der Waals surface area contributed by atoms with Gasteiger partial charge in [-0.1, -0.05) is 60.7 Å². The Hall–Kier alpha value is -3.50. The third-order valence-corrected chi connectivity index (χ3v) is 4.83. The molecule has 0 unspecified atom stereocenters. The SMILES string of the molecule is CCCc1nnc(NC(=O)/C(C#N)=C\c2cccc(OCc3ccccc3)c2)s1. The lowest BCUT2D eigenvalue weighted by Crippen LogP contribution is -2.13. The Labute approximate surface area is 173 Å². The fourth-order valence-corrected chi connectivity index (χ4v) is 3.37. The summed E-state index contributed by atoms with van der Waals surface area (Å²) in [5.41, 5.74) is 1.74. The van der Waals surface area contributed by atoms with Crippen molar-refractivity contribution in [2.45, 2.75) is 26.4 Å². The first kappa shape index (κ1) is 20.2. The van der Waals surface area contributed by atoms with E-state index >= 15 is 0 Å². The number of anilines is 1. The Kier molecular flexibility index (Phi) is 7.09. The highest BCUT2D eigenvalue weighted by Crippen LogP contribution is 2.20. The Bertz CT molecular complexity index is 1040.